The van der Waals surface area contributed by atoms with Crippen molar-refractivity contribution >= 4 is 12.0 Å². The molecule has 7 heteroatoms. The predicted molar refractivity (Wildman–Crippen MR) is 74.3 cm³/mol. The molecule has 0 unspecified atom stereocenters. The third-order valence-electron chi connectivity index (χ3n) is 2.74. The minimum absolute atomic E-state index is 0.120. The minimum Gasteiger partial charge on any atom is -0.480 e. The molecule has 0 saturated heterocycles. The Hall–Kier alpha value is -2.05. The molecule has 1 atom stereocenters. The Morgan fingerprint density at radius 2 is 2.15 bits per heavy atom. The third kappa shape index (κ3) is 6.21. The Bertz CT molecular complexity index is 437. The molecule has 0 aliphatic heterocycles. The van der Waals surface area contributed by atoms with Crippen LogP contribution in [0.5, 0.6) is 0 Å². The van der Waals surface area contributed by atoms with Gasteiger partial charge in [-0.25, -0.2) is 14.6 Å². The number of aromatic nitrogens is 2. The van der Waals surface area contributed by atoms with E-state index in [1.807, 2.05) is 0 Å². The number of hydrogen-bond acceptors (Lipinski definition) is 3. The molecule has 7 nitrogen and oxygen atoms in total. The summed E-state index contributed by atoms with van der Waals surface area (Å²) in [5.74, 6) is -1.08. The first-order valence-corrected chi connectivity index (χ1v) is 6.52. The number of rotatable bonds is 6. The van der Waals surface area contributed by atoms with Gasteiger partial charge in [0.25, 0.3) is 0 Å². The molecule has 0 radical (unpaired) electrons. The molecule has 2 amide bonds. The summed E-state index contributed by atoms with van der Waals surface area (Å²) in [6, 6.07) is -1.45. The molecule has 0 aliphatic rings. The second-order valence-corrected chi connectivity index (χ2v) is 5.88. The van der Waals surface area contributed by atoms with E-state index >= 15 is 0 Å². The number of imidazole rings is 1. The van der Waals surface area contributed by atoms with Gasteiger partial charge in [0, 0.05) is 24.9 Å². The van der Waals surface area contributed by atoms with Gasteiger partial charge in [0.1, 0.15) is 6.04 Å². The first kappa shape index (κ1) is 16.0. The fourth-order valence-corrected chi connectivity index (χ4v) is 1.58. The number of hydrogen-bond donors (Lipinski definition) is 4. The SMILES string of the molecule is CC(C)(C)CCNC(=O)N[C@@H](Cc1cnc[nH]1)C(=O)O. The van der Waals surface area contributed by atoms with Crippen LogP contribution >= 0.6 is 0 Å². The maximum atomic E-state index is 11.7. The second-order valence-electron chi connectivity index (χ2n) is 5.88. The van der Waals surface area contributed by atoms with Gasteiger partial charge in [0.15, 0.2) is 0 Å². The smallest absolute Gasteiger partial charge is 0.326 e. The average molecular weight is 282 g/mol. The lowest BCUT2D eigenvalue weighted by Gasteiger charge is -2.19. The maximum absolute atomic E-state index is 11.7. The molecular formula is C13H22N4O3. The number of carboxylic acid groups (broad SMARTS) is 1. The van der Waals surface area contributed by atoms with E-state index < -0.39 is 18.0 Å². The molecule has 0 aromatic carbocycles. The van der Waals surface area contributed by atoms with E-state index in [1.165, 1.54) is 12.5 Å². The molecule has 1 aromatic heterocycles. The lowest BCUT2D eigenvalue weighted by atomic mass is 9.92. The number of nitrogens with zero attached hydrogens (tertiary/aromatic N) is 1. The largest absolute Gasteiger partial charge is 0.480 e. The normalized spacial score (nSPS) is 12.8. The van der Waals surface area contributed by atoms with Crippen molar-refractivity contribution in [1.29, 1.82) is 0 Å². The molecular weight excluding hydrogens is 260 g/mol. The number of aliphatic carboxylic acids is 1. The molecule has 1 aromatic rings. The van der Waals surface area contributed by atoms with Crippen LogP contribution in [0.4, 0.5) is 4.79 Å². The number of H-pyrrole nitrogens is 1. The standard InChI is InChI=1S/C13H22N4O3/c1-13(2,3)4-5-15-12(20)17-10(11(18)19)6-9-7-14-8-16-9/h7-8,10H,4-6H2,1-3H3,(H,14,16)(H,18,19)(H2,15,17,20)/t10-/m0/s1. The number of carboxylic acids is 1. The number of amides is 2. The molecule has 4 N–H and O–H groups in total. The summed E-state index contributed by atoms with van der Waals surface area (Å²) in [6.07, 6.45) is 3.99. The van der Waals surface area contributed by atoms with Crippen LogP contribution in [0.3, 0.4) is 0 Å². The summed E-state index contributed by atoms with van der Waals surface area (Å²) in [7, 11) is 0. The number of urea groups is 1. The molecule has 0 saturated carbocycles. The first-order chi connectivity index (χ1) is 9.28. The van der Waals surface area contributed by atoms with E-state index in [0.717, 1.165) is 6.42 Å². The topological polar surface area (TPSA) is 107 Å². The van der Waals surface area contributed by atoms with E-state index in [-0.39, 0.29) is 11.8 Å². The lowest BCUT2D eigenvalue weighted by molar-refractivity contribution is -0.139. The van der Waals surface area contributed by atoms with E-state index in [4.69, 9.17) is 5.11 Å². The average Bonchev–Trinajstić information content (AvgIpc) is 2.79. The van der Waals surface area contributed by atoms with Gasteiger partial charge in [-0.05, 0) is 11.8 Å². The van der Waals surface area contributed by atoms with Gasteiger partial charge >= 0.3 is 12.0 Å². The highest BCUT2D eigenvalue weighted by Gasteiger charge is 2.21. The lowest BCUT2D eigenvalue weighted by Crippen LogP contribution is -2.47. The number of carbonyl (C=O) groups excluding carboxylic acids is 1. The van der Waals surface area contributed by atoms with Gasteiger partial charge < -0.3 is 20.7 Å². The highest BCUT2D eigenvalue weighted by atomic mass is 16.4. The zero-order valence-electron chi connectivity index (χ0n) is 12.1. The van der Waals surface area contributed by atoms with Crippen molar-refractivity contribution in [1.82, 2.24) is 20.6 Å². The molecule has 0 fully saturated rings. The van der Waals surface area contributed by atoms with Gasteiger partial charge in [-0.1, -0.05) is 20.8 Å². The zero-order valence-corrected chi connectivity index (χ0v) is 12.1. The highest BCUT2D eigenvalue weighted by molar-refractivity contribution is 5.82. The van der Waals surface area contributed by atoms with Crippen molar-refractivity contribution in [2.24, 2.45) is 5.41 Å². The van der Waals surface area contributed by atoms with E-state index in [1.54, 1.807) is 0 Å². The van der Waals surface area contributed by atoms with Crippen molar-refractivity contribution in [3.05, 3.63) is 18.2 Å². The maximum Gasteiger partial charge on any atom is 0.326 e. The third-order valence-corrected chi connectivity index (χ3v) is 2.74. The Morgan fingerprint density at radius 3 is 2.65 bits per heavy atom. The molecule has 1 rings (SSSR count). The van der Waals surface area contributed by atoms with Crippen molar-refractivity contribution in [2.75, 3.05) is 6.54 Å². The van der Waals surface area contributed by atoms with Gasteiger partial charge in [-0.2, -0.15) is 0 Å². The summed E-state index contributed by atoms with van der Waals surface area (Å²) >= 11 is 0. The summed E-state index contributed by atoms with van der Waals surface area (Å²) < 4.78 is 0. The number of carbonyl (C=O) groups is 2. The van der Waals surface area contributed by atoms with Crippen LogP contribution in [-0.4, -0.2) is 39.7 Å². The van der Waals surface area contributed by atoms with Crippen LogP contribution in [-0.2, 0) is 11.2 Å². The van der Waals surface area contributed by atoms with Crippen molar-refractivity contribution in [3.8, 4) is 0 Å². The van der Waals surface area contributed by atoms with E-state index in [9.17, 15) is 9.59 Å². The van der Waals surface area contributed by atoms with Gasteiger partial charge in [-0.15, -0.1) is 0 Å². The predicted octanol–water partition coefficient (Wildman–Crippen LogP) is 1.14. The summed E-state index contributed by atoms with van der Waals surface area (Å²) in [6.45, 7) is 6.73. The number of aromatic amines is 1. The quantitative estimate of drug-likeness (QED) is 0.627. The molecule has 0 spiro atoms. The highest BCUT2D eigenvalue weighted by Crippen LogP contribution is 2.16. The van der Waals surface area contributed by atoms with Crippen LogP contribution in [0.2, 0.25) is 0 Å². The van der Waals surface area contributed by atoms with Crippen molar-refractivity contribution in [2.45, 2.75) is 39.7 Å². The molecule has 0 aliphatic carbocycles. The molecule has 1 heterocycles. The van der Waals surface area contributed by atoms with Crippen LogP contribution in [0.15, 0.2) is 12.5 Å². The van der Waals surface area contributed by atoms with E-state index in [2.05, 4.69) is 41.4 Å². The van der Waals surface area contributed by atoms with Gasteiger partial charge in [-0.3, -0.25) is 0 Å². The monoisotopic (exact) mass is 282 g/mol. The molecule has 112 valence electrons. The fourth-order valence-electron chi connectivity index (χ4n) is 1.58. The van der Waals surface area contributed by atoms with Gasteiger partial charge in [0.05, 0.1) is 6.33 Å². The number of nitrogens with one attached hydrogen (secondary N) is 3. The van der Waals surface area contributed by atoms with Crippen LogP contribution in [0, 0.1) is 5.41 Å². The minimum atomic E-state index is -1.08. The summed E-state index contributed by atoms with van der Waals surface area (Å²) in [4.78, 5) is 29.4. The molecule has 0 bridgehead atoms. The Morgan fingerprint density at radius 1 is 1.45 bits per heavy atom. The van der Waals surface area contributed by atoms with Crippen molar-refractivity contribution < 1.29 is 14.7 Å². The second kappa shape index (κ2) is 6.93. The fraction of sp³-hybridized carbons (Fsp3) is 0.615. The Labute approximate surface area is 118 Å². The summed E-state index contributed by atoms with van der Waals surface area (Å²) in [5, 5.41) is 14.2. The van der Waals surface area contributed by atoms with Crippen LogP contribution in [0.1, 0.15) is 32.9 Å². The summed E-state index contributed by atoms with van der Waals surface area (Å²) in [5.41, 5.74) is 0.780. The Balaban J connectivity index is 2.41. The zero-order chi connectivity index (χ0) is 15.2. The first-order valence-electron chi connectivity index (χ1n) is 6.52. The molecule has 20 heavy (non-hydrogen) atoms. The van der Waals surface area contributed by atoms with E-state index in [0.29, 0.717) is 12.2 Å². The van der Waals surface area contributed by atoms with Crippen LogP contribution < -0.4 is 10.6 Å². The van der Waals surface area contributed by atoms with Gasteiger partial charge in [0.2, 0.25) is 0 Å². The van der Waals surface area contributed by atoms with Crippen LogP contribution in [0.25, 0.3) is 0 Å². The van der Waals surface area contributed by atoms with Crippen molar-refractivity contribution in [3.63, 3.8) is 0 Å². The Kier molecular flexibility index (Phi) is 5.54.